The summed E-state index contributed by atoms with van der Waals surface area (Å²) in [5, 5.41) is 3.73. The van der Waals surface area contributed by atoms with E-state index in [1.165, 1.54) is 42.6 Å². The van der Waals surface area contributed by atoms with E-state index in [0.29, 0.717) is 0 Å². The number of thiophene rings is 1. The Morgan fingerprint density at radius 3 is 2.67 bits per heavy atom. The lowest BCUT2D eigenvalue weighted by Crippen LogP contribution is -2.32. The van der Waals surface area contributed by atoms with Crippen LogP contribution in [0.25, 0.3) is 32.1 Å². The Hall–Kier alpha value is -2.39. The van der Waals surface area contributed by atoms with Gasteiger partial charge in [-0.2, -0.15) is 4.57 Å². The quantitative estimate of drug-likeness (QED) is 0.303. The molecule has 2 aromatic heterocycles. The van der Waals surface area contributed by atoms with Gasteiger partial charge >= 0.3 is 0 Å². The molecule has 0 aliphatic carbocycles. The van der Waals surface area contributed by atoms with Gasteiger partial charge in [-0.05, 0) is 41.8 Å². The molecule has 136 valence electrons. The van der Waals surface area contributed by atoms with Crippen molar-refractivity contribution in [1.29, 1.82) is 0 Å². The molecule has 3 heteroatoms. The number of nitrogens with zero attached hydrogens (tertiary/aromatic N) is 1. The van der Waals surface area contributed by atoms with E-state index in [-0.39, 0.29) is 5.41 Å². The van der Waals surface area contributed by atoms with Crippen LogP contribution >= 0.6 is 11.3 Å². The van der Waals surface area contributed by atoms with Crippen LogP contribution in [0.3, 0.4) is 0 Å². The first-order valence-electron chi connectivity index (χ1n) is 9.47. The first-order chi connectivity index (χ1) is 12.8. The Morgan fingerprint density at radius 2 is 1.89 bits per heavy atom. The van der Waals surface area contributed by atoms with Crippen LogP contribution in [0, 0.1) is 12.3 Å². The van der Waals surface area contributed by atoms with Crippen molar-refractivity contribution in [2.45, 2.75) is 34.1 Å². The largest absolute Gasteiger partial charge is 0.448 e. The number of rotatable bonds is 1. The smallest absolute Gasteiger partial charge is 0.257 e. The minimum atomic E-state index is 0.277. The molecule has 0 N–H and O–H groups in total. The molecule has 0 radical (unpaired) electrons. The zero-order valence-electron chi connectivity index (χ0n) is 16.5. The molecule has 0 amide bonds. The highest BCUT2D eigenvalue weighted by Crippen LogP contribution is 2.50. The number of pyridine rings is 1. The van der Waals surface area contributed by atoms with Gasteiger partial charge in [-0.1, -0.05) is 45.0 Å². The minimum absolute atomic E-state index is 0.277. The van der Waals surface area contributed by atoms with Crippen LogP contribution < -0.4 is 9.30 Å². The molecule has 0 atom stereocenters. The summed E-state index contributed by atoms with van der Waals surface area (Å²) in [6, 6.07) is 13.1. The number of benzene rings is 2. The second-order valence-electron chi connectivity index (χ2n) is 8.87. The van der Waals surface area contributed by atoms with Crippen LogP contribution in [-0.2, 0) is 13.5 Å². The lowest BCUT2D eigenvalue weighted by Gasteiger charge is -2.20. The van der Waals surface area contributed by atoms with Crippen LogP contribution in [0.5, 0.6) is 11.5 Å². The van der Waals surface area contributed by atoms with E-state index in [1.807, 2.05) is 11.3 Å². The first-order valence-corrected chi connectivity index (χ1v) is 10.3. The van der Waals surface area contributed by atoms with Gasteiger partial charge in [-0.15, -0.1) is 11.3 Å². The molecule has 0 saturated carbocycles. The topological polar surface area (TPSA) is 13.1 Å². The summed E-state index contributed by atoms with van der Waals surface area (Å²) in [4.78, 5) is 1.42. The highest BCUT2D eigenvalue weighted by Gasteiger charge is 2.32. The van der Waals surface area contributed by atoms with Crippen LogP contribution in [0.4, 0.5) is 0 Å². The molecule has 0 bridgehead atoms. The van der Waals surface area contributed by atoms with Crippen molar-refractivity contribution < 1.29 is 9.30 Å². The normalized spacial score (nSPS) is 13.1. The van der Waals surface area contributed by atoms with Gasteiger partial charge in [0.05, 0.1) is 15.6 Å². The predicted octanol–water partition coefficient (Wildman–Crippen LogP) is 6.55. The van der Waals surface area contributed by atoms with Gasteiger partial charge in [0, 0.05) is 10.3 Å². The van der Waals surface area contributed by atoms with Crippen LogP contribution in [0.15, 0.2) is 42.6 Å². The van der Waals surface area contributed by atoms with Crippen molar-refractivity contribution in [2.24, 2.45) is 12.5 Å². The predicted molar refractivity (Wildman–Crippen MR) is 114 cm³/mol. The van der Waals surface area contributed by atoms with Crippen molar-refractivity contribution in [3.63, 3.8) is 0 Å². The van der Waals surface area contributed by atoms with E-state index >= 15 is 0 Å². The van der Waals surface area contributed by atoms with Gasteiger partial charge in [0.25, 0.3) is 5.69 Å². The number of aromatic nitrogens is 1. The average molecular weight is 375 g/mol. The number of hydrogen-bond acceptors (Lipinski definition) is 2. The Balaban J connectivity index is 1.84. The monoisotopic (exact) mass is 374 g/mol. The van der Waals surface area contributed by atoms with Crippen LogP contribution in [-0.4, -0.2) is 0 Å². The zero-order chi connectivity index (χ0) is 18.9. The van der Waals surface area contributed by atoms with Gasteiger partial charge in [0.2, 0.25) is 5.75 Å². The molecule has 2 aromatic carbocycles. The summed E-state index contributed by atoms with van der Waals surface area (Å²) in [6.45, 7) is 9.08. The second kappa shape index (κ2) is 5.56. The number of aryl methyl sites for hydroxylation is 2. The average Bonchev–Trinajstić information content (AvgIpc) is 2.97. The number of ether oxygens (including phenoxy) is 1. The van der Waals surface area contributed by atoms with Gasteiger partial charge < -0.3 is 4.74 Å². The Labute approximate surface area is 164 Å². The molecular formula is C24H24NOS+. The second-order valence-corrected chi connectivity index (χ2v) is 10.0. The van der Waals surface area contributed by atoms with E-state index in [2.05, 4.69) is 81.9 Å². The highest BCUT2D eigenvalue weighted by atomic mass is 32.1. The summed E-state index contributed by atoms with van der Waals surface area (Å²) >= 11 is 1.88. The van der Waals surface area contributed by atoms with E-state index in [9.17, 15) is 0 Å². The lowest BCUT2D eigenvalue weighted by molar-refractivity contribution is -0.659. The molecule has 0 saturated heterocycles. The maximum atomic E-state index is 6.53. The molecule has 2 nitrogen and oxygen atoms in total. The summed E-state index contributed by atoms with van der Waals surface area (Å²) in [5.41, 5.74) is 4.06. The van der Waals surface area contributed by atoms with Crippen molar-refractivity contribution in [3.05, 3.63) is 53.0 Å². The van der Waals surface area contributed by atoms with Crippen molar-refractivity contribution in [1.82, 2.24) is 0 Å². The van der Waals surface area contributed by atoms with E-state index < -0.39 is 0 Å². The first kappa shape index (κ1) is 16.8. The summed E-state index contributed by atoms with van der Waals surface area (Å²) in [5.74, 6) is 1.98. The Bertz CT molecular complexity index is 1230. The molecular weight excluding hydrogens is 350 g/mol. The summed E-state index contributed by atoms with van der Waals surface area (Å²) in [7, 11) is 2.13. The Kier molecular flexibility index (Phi) is 3.45. The fourth-order valence-corrected chi connectivity index (χ4v) is 5.63. The zero-order valence-corrected chi connectivity index (χ0v) is 17.3. The minimum Gasteiger partial charge on any atom is -0.448 e. The molecule has 5 rings (SSSR count). The molecule has 27 heavy (non-hydrogen) atoms. The van der Waals surface area contributed by atoms with E-state index in [0.717, 1.165) is 17.9 Å². The maximum Gasteiger partial charge on any atom is 0.257 e. The molecule has 4 aromatic rings. The van der Waals surface area contributed by atoms with E-state index in [1.54, 1.807) is 0 Å². The highest BCUT2D eigenvalue weighted by molar-refractivity contribution is 7.19. The molecule has 0 spiro atoms. The van der Waals surface area contributed by atoms with Crippen molar-refractivity contribution >= 4 is 32.2 Å². The molecule has 0 fully saturated rings. The Morgan fingerprint density at radius 1 is 1.07 bits per heavy atom. The number of fused-ring (bicyclic) bond motifs is 4. The van der Waals surface area contributed by atoms with Crippen molar-refractivity contribution in [3.8, 4) is 22.8 Å². The van der Waals surface area contributed by atoms with E-state index in [4.69, 9.17) is 4.74 Å². The third-order valence-corrected chi connectivity index (χ3v) is 6.44. The molecule has 0 unspecified atom stereocenters. The van der Waals surface area contributed by atoms with Crippen LogP contribution in [0.2, 0.25) is 0 Å². The van der Waals surface area contributed by atoms with Gasteiger partial charge in [-0.25, -0.2) is 0 Å². The van der Waals surface area contributed by atoms with Gasteiger partial charge in [0.15, 0.2) is 6.20 Å². The maximum absolute atomic E-state index is 6.53. The van der Waals surface area contributed by atoms with Gasteiger partial charge in [0.1, 0.15) is 12.8 Å². The van der Waals surface area contributed by atoms with Gasteiger partial charge in [-0.3, -0.25) is 0 Å². The molecule has 3 heterocycles. The molecule has 1 aliphatic rings. The number of hydrogen-bond donors (Lipinski definition) is 0. The fraction of sp³-hybridized carbons (Fsp3) is 0.292. The standard InChI is InChI=1S/C24H24NOS/c1-14-9-10-15-7-6-8-18-20(15)19(14)21-22(26-18)23-16(13-25(21)5)11-17(27-23)12-24(2,3)4/h6-11,13H,12H2,1-5H3/q+1. The van der Waals surface area contributed by atoms with Crippen molar-refractivity contribution in [2.75, 3.05) is 0 Å². The SMILES string of the molecule is Cc1ccc2cccc3c2c1-c1c(c2sc(CC(C)(C)C)cc2c[n+]1C)O3. The fourth-order valence-electron chi connectivity index (χ4n) is 4.22. The third-order valence-electron chi connectivity index (χ3n) is 5.29. The van der Waals surface area contributed by atoms with Crippen LogP contribution in [0.1, 0.15) is 31.2 Å². The lowest BCUT2D eigenvalue weighted by atomic mass is 9.91. The molecule has 1 aliphatic heterocycles. The third kappa shape index (κ3) is 2.56. The summed E-state index contributed by atoms with van der Waals surface area (Å²) < 4.78 is 10.0. The summed E-state index contributed by atoms with van der Waals surface area (Å²) in [6.07, 6.45) is 3.34.